The lowest BCUT2D eigenvalue weighted by Gasteiger charge is -2.35. The molecule has 1 fully saturated rings. The van der Waals surface area contributed by atoms with E-state index in [4.69, 9.17) is 0 Å². The van der Waals surface area contributed by atoms with Crippen molar-refractivity contribution in [2.45, 2.75) is 18.7 Å². The van der Waals surface area contributed by atoms with E-state index in [0.29, 0.717) is 0 Å². The molecule has 0 saturated carbocycles. The van der Waals surface area contributed by atoms with Crippen molar-refractivity contribution in [3.05, 3.63) is 23.9 Å². The molecule has 2 rings (SSSR count). The highest BCUT2D eigenvalue weighted by atomic mass is 79.9. The lowest BCUT2D eigenvalue weighted by molar-refractivity contribution is 0.258. The largest absolute Gasteiger partial charge is 0.354 e. The van der Waals surface area contributed by atoms with Crippen LogP contribution in [-0.2, 0) is 5.33 Å². The number of pyridine rings is 1. The van der Waals surface area contributed by atoms with E-state index in [1.165, 1.54) is 18.5 Å². The van der Waals surface area contributed by atoms with Crippen molar-refractivity contribution in [1.82, 2.24) is 9.88 Å². The molecule has 1 aromatic heterocycles. The predicted molar refractivity (Wildman–Crippen MR) is 75.8 cm³/mol. The minimum Gasteiger partial charge on any atom is -0.354 e. The van der Waals surface area contributed by atoms with Crippen molar-refractivity contribution in [2.24, 2.45) is 0 Å². The summed E-state index contributed by atoms with van der Waals surface area (Å²) in [4.78, 5) is 9.46. The lowest BCUT2D eigenvalue weighted by Crippen LogP contribution is -2.47. The molecule has 3 nitrogen and oxygen atoms in total. The van der Waals surface area contributed by atoms with Gasteiger partial charge in [0, 0.05) is 43.3 Å². The molecule has 2 heterocycles. The molecule has 1 aliphatic rings. The lowest BCUT2D eigenvalue weighted by atomic mass is 10.2. The number of piperazine rings is 1. The number of nitrogens with zero attached hydrogens (tertiary/aromatic N) is 3. The van der Waals surface area contributed by atoms with Gasteiger partial charge < -0.3 is 4.90 Å². The smallest absolute Gasteiger partial charge is 0.132 e. The quantitative estimate of drug-likeness (QED) is 0.796. The first-order chi connectivity index (χ1) is 8.35. The van der Waals surface area contributed by atoms with Crippen LogP contribution in [0.3, 0.4) is 0 Å². The molecule has 17 heavy (non-hydrogen) atoms. The standard InChI is InChI=1S/C13H20BrN3/c1-2-6-16-7-9-17(10-8-16)13-12(11-14)4-3-5-15-13/h3-5H,2,6-11H2,1H3. The van der Waals surface area contributed by atoms with Crippen molar-refractivity contribution in [1.29, 1.82) is 0 Å². The summed E-state index contributed by atoms with van der Waals surface area (Å²) < 4.78 is 0. The van der Waals surface area contributed by atoms with Crippen LogP contribution in [-0.4, -0.2) is 42.6 Å². The summed E-state index contributed by atoms with van der Waals surface area (Å²) in [5, 5.41) is 0.880. The van der Waals surface area contributed by atoms with Gasteiger partial charge in [0.05, 0.1) is 0 Å². The summed E-state index contributed by atoms with van der Waals surface area (Å²) in [6.07, 6.45) is 3.14. The summed E-state index contributed by atoms with van der Waals surface area (Å²) in [7, 11) is 0. The molecule has 0 amide bonds. The topological polar surface area (TPSA) is 19.4 Å². The number of hydrogen-bond donors (Lipinski definition) is 0. The zero-order chi connectivity index (χ0) is 12.1. The Morgan fingerprint density at radius 3 is 2.71 bits per heavy atom. The third-order valence-electron chi connectivity index (χ3n) is 3.22. The van der Waals surface area contributed by atoms with Crippen LogP contribution in [0.1, 0.15) is 18.9 Å². The van der Waals surface area contributed by atoms with Crippen LogP contribution in [0, 0.1) is 0 Å². The fourth-order valence-corrected chi connectivity index (χ4v) is 2.76. The Morgan fingerprint density at radius 2 is 2.06 bits per heavy atom. The van der Waals surface area contributed by atoms with Crippen LogP contribution >= 0.6 is 15.9 Å². The molecule has 4 heteroatoms. The van der Waals surface area contributed by atoms with Crippen LogP contribution in [0.25, 0.3) is 0 Å². The molecule has 0 bridgehead atoms. The van der Waals surface area contributed by atoms with Gasteiger partial charge in [-0.3, -0.25) is 4.90 Å². The Morgan fingerprint density at radius 1 is 1.29 bits per heavy atom. The molecule has 94 valence electrons. The molecule has 1 aliphatic heterocycles. The van der Waals surface area contributed by atoms with Gasteiger partial charge in [0.25, 0.3) is 0 Å². The molecule has 0 unspecified atom stereocenters. The predicted octanol–water partition coefficient (Wildman–Crippen LogP) is 2.51. The second kappa shape index (κ2) is 6.36. The maximum absolute atomic E-state index is 4.52. The first kappa shape index (κ1) is 12.8. The first-order valence-corrected chi connectivity index (χ1v) is 7.44. The van der Waals surface area contributed by atoms with Gasteiger partial charge >= 0.3 is 0 Å². The first-order valence-electron chi connectivity index (χ1n) is 6.32. The average molecular weight is 298 g/mol. The van der Waals surface area contributed by atoms with Crippen molar-refractivity contribution < 1.29 is 0 Å². The van der Waals surface area contributed by atoms with E-state index in [0.717, 1.165) is 37.3 Å². The van der Waals surface area contributed by atoms with E-state index in [1.807, 2.05) is 12.3 Å². The van der Waals surface area contributed by atoms with Crippen molar-refractivity contribution in [3.8, 4) is 0 Å². The van der Waals surface area contributed by atoms with Crippen molar-refractivity contribution >= 4 is 21.7 Å². The van der Waals surface area contributed by atoms with Crippen LogP contribution in [0.4, 0.5) is 5.82 Å². The molecule has 0 N–H and O–H groups in total. The Labute approximate surface area is 112 Å². The Hall–Kier alpha value is -0.610. The molecule has 0 aliphatic carbocycles. The van der Waals surface area contributed by atoms with Crippen LogP contribution in [0.2, 0.25) is 0 Å². The van der Waals surface area contributed by atoms with Gasteiger partial charge in [0.1, 0.15) is 5.82 Å². The van der Waals surface area contributed by atoms with Gasteiger partial charge in [-0.05, 0) is 19.0 Å². The molecule has 0 radical (unpaired) electrons. The average Bonchev–Trinajstić information content (AvgIpc) is 2.40. The van der Waals surface area contributed by atoms with E-state index < -0.39 is 0 Å². The maximum Gasteiger partial charge on any atom is 0.132 e. The molecule has 0 spiro atoms. The fourth-order valence-electron chi connectivity index (χ4n) is 2.32. The minimum absolute atomic E-state index is 0.880. The number of hydrogen-bond acceptors (Lipinski definition) is 3. The van der Waals surface area contributed by atoms with Crippen molar-refractivity contribution in [2.75, 3.05) is 37.6 Å². The SMILES string of the molecule is CCCN1CCN(c2ncccc2CBr)CC1. The highest BCUT2D eigenvalue weighted by Crippen LogP contribution is 2.20. The minimum atomic E-state index is 0.880. The fraction of sp³-hybridized carbons (Fsp3) is 0.615. The summed E-state index contributed by atoms with van der Waals surface area (Å²) in [6.45, 7) is 7.97. The Kier molecular flexibility index (Phi) is 4.80. The van der Waals surface area contributed by atoms with E-state index >= 15 is 0 Å². The van der Waals surface area contributed by atoms with E-state index in [-0.39, 0.29) is 0 Å². The zero-order valence-corrected chi connectivity index (χ0v) is 12.0. The van der Waals surface area contributed by atoms with Gasteiger partial charge in [-0.2, -0.15) is 0 Å². The Bertz CT molecular complexity index is 348. The summed E-state index contributed by atoms with van der Waals surface area (Å²) in [5.41, 5.74) is 1.29. The molecular formula is C13H20BrN3. The van der Waals surface area contributed by atoms with E-state index in [1.54, 1.807) is 0 Å². The molecule has 1 aromatic rings. The summed E-state index contributed by atoms with van der Waals surface area (Å²) >= 11 is 3.53. The third kappa shape index (κ3) is 3.19. The highest BCUT2D eigenvalue weighted by molar-refractivity contribution is 9.08. The number of anilines is 1. The summed E-state index contributed by atoms with van der Waals surface area (Å²) in [5.74, 6) is 1.15. The van der Waals surface area contributed by atoms with Gasteiger partial charge in [0.15, 0.2) is 0 Å². The van der Waals surface area contributed by atoms with Crippen LogP contribution < -0.4 is 4.90 Å². The molecule has 0 atom stereocenters. The van der Waals surface area contributed by atoms with Crippen LogP contribution in [0.15, 0.2) is 18.3 Å². The van der Waals surface area contributed by atoms with E-state index in [9.17, 15) is 0 Å². The zero-order valence-electron chi connectivity index (χ0n) is 10.4. The van der Waals surface area contributed by atoms with Crippen molar-refractivity contribution in [3.63, 3.8) is 0 Å². The summed E-state index contributed by atoms with van der Waals surface area (Å²) in [6, 6.07) is 4.16. The van der Waals surface area contributed by atoms with E-state index in [2.05, 4.69) is 43.7 Å². The normalized spacial score (nSPS) is 17.4. The third-order valence-corrected chi connectivity index (χ3v) is 3.83. The number of halogens is 1. The molecule has 1 saturated heterocycles. The highest BCUT2D eigenvalue weighted by Gasteiger charge is 2.18. The van der Waals surface area contributed by atoms with Gasteiger partial charge in [-0.25, -0.2) is 4.98 Å². The van der Waals surface area contributed by atoms with Crippen LogP contribution in [0.5, 0.6) is 0 Å². The van der Waals surface area contributed by atoms with Gasteiger partial charge in [0.2, 0.25) is 0 Å². The maximum atomic E-state index is 4.52. The van der Waals surface area contributed by atoms with Gasteiger partial charge in [-0.1, -0.05) is 28.9 Å². The monoisotopic (exact) mass is 297 g/mol. The van der Waals surface area contributed by atoms with Gasteiger partial charge in [-0.15, -0.1) is 0 Å². The second-order valence-electron chi connectivity index (χ2n) is 4.45. The Balaban J connectivity index is 2.00. The molecule has 0 aromatic carbocycles. The second-order valence-corrected chi connectivity index (χ2v) is 5.01. The molecular weight excluding hydrogens is 278 g/mol. The number of rotatable bonds is 4. The number of alkyl halides is 1. The number of aromatic nitrogens is 1.